The van der Waals surface area contributed by atoms with Crippen molar-refractivity contribution in [2.24, 2.45) is 11.7 Å². The molecule has 1 aromatic rings. The van der Waals surface area contributed by atoms with Gasteiger partial charge in [-0.25, -0.2) is 0 Å². The maximum atomic E-state index is 11.3. The van der Waals surface area contributed by atoms with Gasteiger partial charge in [-0.1, -0.05) is 27.2 Å². The van der Waals surface area contributed by atoms with Crippen LogP contribution in [0.3, 0.4) is 0 Å². The number of carbonyl (C=O) groups excluding carboxylic acids is 1. The van der Waals surface area contributed by atoms with Gasteiger partial charge in [0, 0.05) is 11.6 Å². The predicted molar refractivity (Wildman–Crippen MR) is 83.3 cm³/mol. The first-order valence-electron chi connectivity index (χ1n) is 7.26. The van der Waals surface area contributed by atoms with Crippen molar-refractivity contribution >= 4 is 11.6 Å². The Morgan fingerprint density at radius 3 is 2.55 bits per heavy atom. The van der Waals surface area contributed by atoms with Gasteiger partial charge in [0.1, 0.15) is 5.75 Å². The van der Waals surface area contributed by atoms with Gasteiger partial charge in [0.05, 0.1) is 12.8 Å². The highest BCUT2D eigenvalue weighted by atomic mass is 16.5. The molecule has 0 aliphatic carbocycles. The Labute approximate surface area is 121 Å². The van der Waals surface area contributed by atoms with Crippen molar-refractivity contribution < 1.29 is 9.53 Å². The molecule has 0 saturated carbocycles. The largest absolute Gasteiger partial charge is 0.495 e. The van der Waals surface area contributed by atoms with Gasteiger partial charge < -0.3 is 15.8 Å². The van der Waals surface area contributed by atoms with Crippen LogP contribution in [-0.4, -0.2) is 19.1 Å². The standard InChI is InChI=1S/C16H26N2O2/c1-5-11(3)9-13(6-2)18-14-10-12(16(17)19)7-8-15(14)20-4/h7-8,10-11,13,18H,5-6,9H2,1-4H3,(H2,17,19). The highest BCUT2D eigenvalue weighted by molar-refractivity contribution is 5.94. The van der Waals surface area contributed by atoms with Crippen LogP contribution < -0.4 is 15.8 Å². The second kappa shape index (κ2) is 7.78. The van der Waals surface area contributed by atoms with Crippen LogP contribution in [0.1, 0.15) is 50.4 Å². The summed E-state index contributed by atoms with van der Waals surface area (Å²) in [6, 6.07) is 5.59. The Bertz CT molecular complexity index is 446. The summed E-state index contributed by atoms with van der Waals surface area (Å²) in [7, 11) is 1.63. The molecule has 1 amide bonds. The Kier molecular flexibility index (Phi) is 6.36. The van der Waals surface area contributed by atoms with Gasteiger partial charge in [-0.05, 0) is 37.0 Å². The van der Waals surface area contributed by atoms with E-state index in [9.17, 15) is 4.79 Å². The molecule has 2 atom stereocenters. The summed E-state index contributed by atoms with van der Waals surface area (Å²) in [6.07, 6.45) is 3.28. The van der Waals surface area contributed by atoms with Crippen molar-refractivity contribution in [2.75, 3.05) is 12.4 Å². The molecule has 0 heterocycles. The molecule has 0 bridgehead atoms. The van der Waals surface area contributed by atoms with Gasteiger partial charge in [-0.15, -0.1) is 0 Å². The van der Waals surface area contributed by atoms with Crippen molar-refractivity contribution in [2.45, 2.75) is 46.1 Å². The molecule has 0 saturated heterocycles. The van der Waals surface area contributed by atoms with Crippen LogP contribution in [0.15, 0.2) is 18.2 Å². The molecule has 0 aliphatic rings. The fraction of sp³-hybridized carbons (Fsp3) is 0.562. The Hall–Kier alpha value is -1.71. The van der Waals surface area contributed by atoms with E-state index in [4.69, 9.17) is 10.5 Å². The van der Waals surface area contributed by atoms with Crippen LogP contribution in [0, 0.1) is 5.92 Å². The Morgan fingerprint density at radius 2 is 2.05 bits per heavy atom. The zero-order chi connectivity index (χ0) is 15.1. The van der Waals surface area contributed by atoms with Gasteiger partial charge in [-0.3, -0.25) is 4.79 Å². The SMILES string of the molecule is CCC(C)CC(CC)Nc1cc(C(N)=O)ccc1OC. The number of carbonyl (C=O) groups is 1. The lowest BCUT2D eigenvalue weighted by atomic mass is 9.97. The lowest BCUT2D eigenvalue weighted by molar-refractivity contribution is 0.100. The molecule has 2 unspecified atom stereocenters. The quantitative estimate of drug-likeness (QED) is 0.765. The summed E-state index contributed by atoms with van der Waals surface area (Å²) in [6.45, 7) is 6.61. The third-order valence-corrected chi connectivity index (χ3v) is 3.72. The van der Waals surface area contributed by atoms with E-state index in [1.807, 2.05) is 0 Å². The highest BCUT2D eigenvalue weighted by Gasteiger charge is 2.14. The molecule has 4 nitrogen and oxygen atoms in total. The van der Waals surface area contributed by atoms with E-state index in [0.29, 0.717) is 17.5 Å². The van der Waals surface area contributed by atoms with Crippen molar-refractivity contribution in [3.63, 3.8) is 0 Å². The summed E-state index contributed by atoms with van der Waals surface area (Å²) in [4.78, 5) is 11.3. The van der Waals surface area contributed by atoms with Crippen LogP contribution >= 0.6 is 0 Å². The fourth-order valence-corrected chi connectivity index (χ4v) is 2.17. The molecule has 0 fully saturated rings. The monoisotopic (exact) mass is 278 g/mol. The first-order chi connectivity index (χ1) is 9.51. The summed E-state index contributed by atoms with van der Waals surface area (Å²) in [5.74, 6) is 0.973. The maximum Gasteiger partial charge on any atom is 0.248 e. The number of benzene rings is 1. The van der Waals surface area contributed by atoms with E-state index in [-0.39, 0.29) is 0 Å². The summed E-state index contributed by atoms with van der Waals surface area (Å²) in [5.41, 5.74) is 6.66. The number of nitrogens with one attached hydrogen (secondary N) is 1. The van der Waals surface area contributed by atoms with Crippen LogP contribution in [-0.2, 0) is 0 Å². The molecule has 0 aliphatic heterocycles. The number of methoxy groups -OCH3 is 1. The third-order valence-electron chi connectivity index (χ3n) is 3.72. The van der Waals surface area contributed by atoms with Crippen LogP contribution in [0.5, 0.6) is 5.75 Å². The minimum absolute atomic E-state index is 0.363. The van der Waals surface area contributed by atoms with E-state index in [1.54, 1.807) is 25.3 Å². The molecule has 0 spiro atoms. The number of anilines is 1. The van der Waals surface area contributed by atoms with Crippen molar-refractivity contribution in [1.29, 1.82) is 0 Å². The second-order valence-electron chi connectivity index (χ2n) is 5.28. The number of primary amides is 1. The number of hydrogen-bond acceptors (Lipinski definition) is 3. The maximum absolute atomic E-state index is 11.3. The summed E-state index contributed by atoms with van der Waals surface area (Å²) in [5, 5.41) is 3.48. The second-order valence-corrected chi connectivity index (χ2v) is 5.28. The lowest BCUT2D eigenvalue weighted by Crippen LogP contribution is -2.22. The Morgan fingerprint density at radius 1 is 1.35 bits per heavy atom. The van der Waals surface area contributed by atoms with Crippen LogP contribution in [0.25, 0.3) is 0 Å². The zero-order valence-corrected chi connectivity index (χ0v) is 12.9. The smallest absolute Gasteiger partial charge is 0.248 e. The minimum Gasteiger partial charge on any atom is -0.495 e. The minimum atomic E-state index is -0.425. The lowest BCUT2D eigenvalue weighted by Gasteiger charge is -2.23. The number of rotatable bonds is 8. The average Bonchev–Trinajstić information content (AvgIpc) is 2.45. The van der Waals surface area contributed by atoms with Gasteiger partial charge >= 0.3 is 0 Å². The molecule has 0 aromatic heterocycles. The highest BCUT2D eigenvalue weighted by Crippen LogP contribution is 2.28. The third kappa shape index (κ3) is 4.44. The molecular formula is C16H26N2O2. The van der Waals surface area contributed by atoms with Crippen molar-refractivity contribution in [3.8, 4) is 5.75 Å². The first kappa shape index (κ1) is 16.3. The van der Waals surface area contributed by atoms with E-state index >= 15 is 0 Å². The van der Waals surface area contributed by atoms with Crippen LogP contribution in [0.2, 0.25) is 0 Å². The molecule has 3 N–H and O–H groups in total. The number of nitrogens with two attached hydrogens (primary N) is 1. The number of amides is 1. The fourth-order valence-electron chi connectivity index (χ4n) is 2.17. The number of ether oxygens (including phenoxy) is 1. The topological polar surface area (TPSA) is 64.3 Å². The number of hydrogen-bond donors (Lipinski definition) is 2. The molecule has 1 aromatic carbocycles. The van der Waals surface area contributed by atoms with Gasteiger partial charge in [0.15, 0.2) is 0 Å². The normalized spacial score (nSPS) is 13.6. The van der Waals surface area contributed by atoms with Crippen LogP contribution in [0.4, 0.5) is 5.69 Å². The average molecular weight is 278 g/mol. The van der Waals surface area contributed by atoms with Gasteiger partial charge in [0.25, 0.3) is 0 Å². The molecule has 112 valence electrons. The molecule has 20 heavy (non-hydrogen) atoms. The first-order valence-corrected chi connectivity index (χ1v) is 7.26. The predicted octanol–water partition coefficient (Wildman–Crippen LogP) is 3.42. The van der Waals surface area contributed by atoms with Crippen molar-refractivity contribution in [3.05, 3.63) is 23.8 Å². The van der Waals surface area contributed by atoms with Crippen molar-refractivity contribution in [1.82, 2.24) is 0 Å². The molecule has 0 radical (unpaired) electrons. The zero-order valence-electron chi connectivity index (χ0n) is 12.9. The summed E-state index contributed by atoms with van der Waals surface area (Å²) >= 11 is 0. The Balaban J connectivity index is 2.92. The molecule has 1 rings (SSSR count). The summed E-state index contributed by atoms with van der Waals surface area (Å²) < 4.78 is 5.34. The van der Waals surface area contributed by atoms with Gasteiger partial charge in [-0.2, -0.15) is 0 Å². The van der Waals surface area contributed by atoms with E-state index in [1.165, 1.54) is 0 Å². The van der Waals surface area contributed by atoms with E-state index < -0.39 is 5.91 Å². The van der Waals surface area contributed by atoms with E-state index in [0.717, 1.165) is 30.7 Å². The molecule has 4 heteroatoms. The molecular weight excluding hydrogens is 252 g/mol. The van der Waals surface area contributed by atoms with E-state index in [2.05, 4.69) is 26.1 Å². The van der Waals surface area contributed by atoms with Gasteiger partial charge in [0.2, 0.25) is 5.91 Å².